The normalized spacial score (nSPS) is 12.5. The zero-order valence-corrected chi connectivity index (χ0v) is 14.0. The average molecular weight is 316 g/mol. The van der Waals surface area contributed by atoms with E-state index in [1.165, 1.54) is 0 Å². The number of benzene rings is 1. The van der Waals surface area contributed by atoms with Gasteiger partial charge >= 0.3 is 0 Å². The van der Waals surface area contributed by atoms with Gasteiger partial charge in [0.05, 0.1) is 19.3 Å². The minimum absolute atomic E-state index is 0.0584. The number of ether oxygens (including phenoxy) is 2. The SMILES string of the molecule is CCOc1cc(CNC(CC)CO)c(Cl)cc1OC(C)C. The van der Waals surface area contributed by atoms with E-state index in [9.17, 15) is 5.11 Å². The zero-order valence-electron chi connectivity index (χ0n) is 13.3. The molecule has 21 heavy (non-hydrogen) atoms. The lowest BCUT2D eigenvalue weighted by atomic mass is 10.1. The second-order valence-electron chi connectivity index (χ2n) is 5.16. The summed E-state index contributed by atoms with van der Waals surface area (Å²) in [6, 6.07) is 3.77. The van der Waals surface area contributed by atoms with Gasteiger partial charge in [0.15, 0.2) is 11.5 Å². The van der Waals surface area contributed by atoms with Crippen LogP contribution in [0.5, 0.6) is 11.5 Å². The van der Waals surface area contributed by atoms with Gasteiger partial charge in [0.2, 0.25) is 0 Å². The lowest BCUT2D eigenvalue weighted by molar-refractivity contribution is 0.223. The van der Waals surface area contributed by atoms with Crippen molar-refractivity contribution in [3.05, 3.63) is 22.7 Å². The molecule has 2 N–H and O–H groups in total. The monoisotopic (exact) mass is 315 g/mol. The molecule has 1 aromatic rings. The molecule has 0 fully saturated rings. The van der Waals surface area contributed by atoms with Crippen molar-refractivity contribution in [3.8, 4) is 11.5 Å². The quantitative estimate of drug-likeness (QED) is 0.733. The lowest BCUT2D eigenvalue weighted by Crippen LogP contribution is -2.31. The van der Waals surface area contributed by atoms with Gasteiger partial charge in [-0.25, -0.2) is 0 Å². The number of rotatable bonds is 9. The Morgan fingerprint density at radius 1 is 1.24 bits per heavy atom. The van der Waals surface area contributed by atoms with Gasteiger partial charge < -0.3 is 19.9 Å². The van der Waals surface area contributed by atoms with Crippen molar-refractivity contribution in [2.45, 2.75) is 52.8 Å². The molecule has 0 saturated heterocycles. The van der Waals surface area contributed by atoms with Crippen molar-refractivity contribution in [1.82, 2.24) is 5.32 Å². The van der Waals surface area contributed by atoms with Crippen LogP contribution in [-0.4, -0.2) is 30.5 Å². The molecule has 4 nitrogen and oxygen atoms in total. The van der Waals surface area contributed by atoms with E-state index >= 15 is 0 Å². The first-order valence-corrected chi connectivity index (χ1v) is 7.85. The molecular weight excluding hydrogens is 290 g/mol. The fourth-order valence-corrected chi connectivity index (χ4v) is 2.14. The van der Waals surface area contributed by atoms with Gasteiger partial charge in [-0.1, -0.05) is 18.5 Å². The van der Waals surface area contributed by atoms with Crippen molar-refractivity contribution < 1.29 is 14.6 Å². The van der Waals surface area contributed by atoms with E-state index in [0.717, 1.165) is 12.0 Å². The summed E-state index contributed by atoms with van der Waals surface area (Å²) in [5.74, 6) is 1.36. The van der Waals surface area contributed by atoms with Crippen molar-refractivity contribution in [3.63, 3.8) is 0 Å². The van der Waals surface area contributed by atoms with Crippen LogP contribution in [0.3, 0.4) is 0 Å². The molecule has 0 aliphatic rings. The molecule has 1 aromatic carbocycles. The molecule has 0 aromatic heterocycles. The van der Waals surface area contributed by atoms with Crippen LogP contribution in [0, 0.1) is 0 Å². The van der Waals surface area contributed by atoms with Gasteiger partial charge in [0.1, 0.15) is 0 Å². The van der Waals surface area contributed by atoms with Crippen LogP contribution in [0.25, 0.3) is 0 Å². The molecule has 5 heteroatoms. The topological polar surface area (TPSA) is 50.7 Å². The molecule has 1 rings (SSSR count). The minimum Gasteiger partial charge on any atom is -0.490 e. The molecule has 1 atom stereocenters. The number of nitrogens with one attached hydrogen (secondary N) is 1. The largest absolute Gasteiger partial charge is 0.490 e. The molecule has 0 amide bonds. The Morgan fingerprint density at radius 2 is 1.95 bits per heavy atom. The summed E-state index contributed by atoms with van der Waals surface area (Å²) in [7, 11) is 0. The Morgan fingerprint density at radius 3 is 2.48 bits per heavy atom. The van der Waals surface area contributed by atoms with E-state index in [0.29, 0.717) is 29.7 Å². The van der Waals surface area contributed by atoms with Crippen molar-refractivity contribution in [1.29, 1.82) is 0 Å². The summed E-state index contributed by atoms with van der Waals surface area (Å²) in [5.41, 5.74) is 0.933. The van der Waals surface area contributed by atoms with Crippen LogP contribution < -0.4 is 14.8 Å². The fraction of sp³-hybridized carbons (Fsp3) is 0.625. The summed E-state index contributed by atoms with van der Waals surface area (Å²) >= 11 is 6.32. The first kappa shape index (κ1) is 18.1. The van der Waals surface area contributed by atoms with Gasteiger partial charge in [-0.2, -0.15) is 0 Å². The van der Waals surface area contributed by atoms with E-state index in [1.807, 2.05) is 33.8 Å². The summed E-state index contributed by atoms with van der Waals surface area (Å²) in [6.45, 7) is 9.15. The Labute approximate surface area is 132 Å². The van der Waals surface area contributed by atoms with Crippen molar-refractivity contribution >= 4 is 11.6 Å². The number of aliphatic hydroxyl groups excluding tert-OH is 1. The first-order chi connectivity index (χ1) is 10.0. The molecule has 0 heterocycles. The number of halogens is 1. The maximum absolute atomic E-state index is 9.22. The number of hydrogen-bond donors (Lipinski definition) is 2. The minimum atomic E-state index is 0.0584. The van der Waals surface area contributed by atoms with Crippen LogP contribution in [0.4, 0.5) is 0 Å². The van der Waals surface area contributed by atoms with Gasteiger partial charge in [0.25, 0.3) is 0 Å². The molecule has 120 valence electrons. The van der Waals surface area contributed by atoms with Crippen molar-refractivity contribution in [2.75, 3.05) is 13.2 Å². The third-order valence-electron chi connectivity index (χ3n) is 3.07. The summed E-state index contributed by atoms with van der Waals surface area (Å²) in [6.07, 6.45) is 0.921. The highest BCUT2D eigenvalue weighted by Crippen LogP contribution is 2.34. The smallest absolute Gasteiger partial charge is 0.163 e. The van der Waals surface area contributed by atoms with E-state index in [4.69, 9.17) is 21.1 Å². The second kappa shape index (κ2) is 9.13. The molecule has 0 bridgehead atoms. The lowest BCUT2D eigenvalue weighted by Gasteiger charge is -2.18. The number of aliphatic hydroxyl groups is 1. The zero-order chi connectivity index (χ0) is 15.8. The second-order valence-corrected chi connectivity index (χ2v) is 5.57. The molecule has 0 radical (unpaired) electrons. The van der Waals surface area contributed by atoms with Gasteiger partial charge in [-0.05, 0) is 38.8 Å². The van der Waals surface area contributed by atoms with E-state index < -0.39 is 0 Å². The molecule has 0 aliphatic carbocycles. The molecule has 1 unspecified atom stereocenters. The Bertz CT molecular complexity index is 434. The first-order valence-electron chi connectivity index (χ1n) is 7.47. The van der Waals surface area contributed by atoms with Crippen LogP contribution in [0.2, 0.25) is 5.02 Å². The van der Waals surface area contributed by atoms with E-state index in [1.54, 1.807) is 6.07 Å². The molecular formula is C16H26ClNO3. The van der Waals surface area contributed by atoms with Crippen molar-refractivity contribution in [2.24, 2.45) is 0 Å². The highest BCUT2D eigenvalue weighted by atomic mass is 35.5. The van der Waals surface area contributed by atoms with Gasteiger partial charge in [0, 0.05) is 23.7 Å². The summed E-state index contributed by atoms with van der Waals surface area (Å²) in [5, 5.41) is 13.1. The van der Waals surface area contributed by atoms with Crippen LogP contribution >= 0.6 is 11.6 Å². The van der Waals surface area contributed by atoms with Crippen LogP contribution in [0.1, 0.15) is 39.7 Å². The maximum atomic E-state index is 9.22. The van der Waals surface area contributed by atoms with E-state index in [2.05, 4.69) is 5.32 Å². The predicted molar refractivity (Wildman–Crippen MR) is 86.4 cm³/mol. The Hall–Kier alpha value is -0.970. The maximum Gasteiger partial charge on any atom is 0.163 e. The predicted octanol–water partition coefficient (Wildman–Crippen LogP) is 3.39. The summed E-state index contributed by atoms with van der Waals surface area (Å²) in [4.78, 5) is 0. The molecule has 0 spiro atoms. The fourth-order valence-electron chi connectivity index (χ4n) is 1.92. The standard InChI is InChI=1S/C16H26ClNO3/c1-5-13(10-19)18-9-12-7-15(20-6-2)16(8-14(12)17)21-11(3)4/h7-8,11,13,18-19H,5-6,9-10H2,1-4H3. The van der Waals surface area contributed by atoms with E-state index in [-0.39, 0.29) is 18.8 Å². The summed E-state index contributed by atoms with van der Waals surface area (Å²) < 4.78 is 11.4. The molecule has 0 saturated carbocycles. The van der Waals surface area contributed by atoms with Gasteiger partial charge in [-0.15, -0.1) is 0 Å². The number of hydrogen-bond acceptors (Lipinski definition) is 4. The molecule has 0 aliphatic heterocycles. The highest BCUT2D eigenvalue weighted by Gasteiger charge is 2.13. The van der Waals surface area contributed by atoms with Gasteiger partial charge in [-0.3, -0.25) is 0 Å². The highest BCUT2D eigenvalue weighted by molar-refractivity contribution is 6.31. The third kappa shape index (κ3) is 5.73. The van der Waals surface area contributed by atoms with Crippen LogP contribution in [0.15, 0.2) is 12.1 Å². The Balaban J connectivity index is 2.92. The van der Waals surface area contributed by atoms with Crippen LogP contribution in [-0.2, 0) is 6.54 Å². The Kier molecular flexibility index (Phi) is 7.86. The average Bonchev–Trinajstić information content (AvgIpc) is 2.43. The third-order valence-corrected chi connectivity index (χ3v) is 3.42.